The number of tetrazole rings is 1. The van der Waals surface area contributed by atoms with Gasteiger partial charge in [0.1, 0.15) is 6.10 Å². The van der Waals surface area contributed by atoms with Gasteiger partial charge in [0.05, 0.1) is 11.4 Å². The first kappa shape index (κ1) is 17.2. The molecule has 1 unspecified atom stereocenters. The third-order valence-electron chi connectivity index (χ3n) is 3.79. The predicted octanol–water partition coefficient (Wildman–Crippen LogP) is 1.79. The lowest BCUT2D eigenvalue weighted by Gasteiger charge is -2.10. The van der Waals surface area contributed by atoms with Crippen LogP contribution >= 0.6 is 0 Å². The van der Waals surface area contributed by atoms with Crippen LogP contribution in [0.1, 0.15) is 17.2 Å². The molecular formula is C17H18N4O3S. The molecule has 0 bridgehead atoms. The Labute approximate surface area is 145 Å². The summed E-state index contributed by atoms with van der Waals surface area (Å²) >= 11 is 0. The van der Waals surface area contributed by atoms with Crippen molar-refractivity contribution < 1.29 is 13.5 Å². The molecule has 2 aromatic carbocycles. The van der Waals surface area contributed by atoms with E-state index in [0.29, 0.717) is 11.4 Å². The van der Waals surface area contributed by atoms with Crippen LogP contribution in [0.3, 0.4) is 0 Å². The molecule has 0 saturated carbocycles. The van der Waals surface area contributed by atoms with Crippen LogP contribution in [0.15, 0.2) is 53.4 Å². The highest BCUT2D eigenvalue weighted by Crippen LogP contribution is 2.19. The Morgan fingerprint density at radius 2 is 1.72 bits per heavy atom. The molecule has 3 aromatic rings. The standard InChI is InChI=1S/C17H18N4O3S/c1-12-3-5-14(6-4-12)17-18-20-21(19-17)11-16(22)13-7-9-15(10-8-13)25(2,23)24/h3-10,16,22H,11H2,1-2H3. The molecule has 8 heteroatoms. The normalized spacial score (nSPS) is 12.9. The third-order valence-corrected chi connectivity index (χ3v) is 4.92. The summed E-state index contributed by atoms with van der Waals surface area (Å²) in [7, 11) is -3.26. The molecule has 1 aromatic heterocycles. The molecule has 0 aliphatic carbocycles. The molecule has 1 atom stereocenters. The zero-order valence-electron chi connectivity index (χ0n) is 13.9. The minimum absolute atomic E-state index is 0.122. The summed E-state index contributed by atoms with van der Waals surface area (Å²) in [5.74, 6) is 0.486. The van der Waals surface area contributed by atoms with Gasteiger partial charge in [-0.3, -0.25) is 0 Å². The number of aliphatic hydroxyl groups excluding tert-OH is 1. The highest BCUT2D eigenvalue weighted by Gasteiger charge is 2.14. The van der Waals surface area contributed by atoms with Crippen LogP contribution in [0.4, 0.5) is 0 Å². The van der Waals surface area contributed by atoms with Crippen molar-refractivity contribution >= 4 is 9.84 Å². The van der Waals surface area contributed by atoms with Crippen LogP contribution in [-0.2, 0) is 16.4 Å². The van der Waals surface area contributed by atoms with Gasteiger partial charge in [0, 0.05) is 11.8 Å². The first-order valence-electron chi connectivity index (χ1n) is 7.66. The minimum atomic E-state index is -3.26. The van der Waals surface area contributed by atoms with Gasteiger partial charge >= 0.3 is 0 Å². The van der Waals surface area contributed by atoms with Crippen molar-refractivity contribution in [1.82, 2.24) is 20.2 Å². The average Bonchev–Trinajstić information content (AvgIpc) is 3.03. The lowest BCUT2D eigenvalue weighted by atomic mass is 10.1. The Morgan fingerprint density at radius 3 is 2.32 bits per heavy atom. The van der Waals surface area contributed by atoms with E-state index in [0.717, 1.165) is 17.4 Å². The molecule has 1 N–H and O–H groups in total. The first-order chi connectivity index (χ1) is 11.8. The zero-order chi connectivity index (χ0) is 18.0. The van der Waals surface area contributed by atoms with E-state index in [1.54, 1.807) is 12.1 Å². The fourth-order valence-corrected chi connectivity index (χ4v) is 2.97. The summed E-state index contributed by atoms with van der Waals surface area (Å²) in [4.78, 5) is 1.54. The lowest BCUT2D eigenvalue weighted by molar-refractivity contribution is 0.144. The number of rotatable bonds is 5. The number of hydrogen-bond acceptors (Lipinski definition) is 6. The van der Waals surface area contributed by atoms with E-state index in [2.05, 4.69) is 15.4 Å². The predicted molar refractivity (Wildman–Crippen MR) is 92.5 cm³/mol. The Balaban J connectivity index is 1.73. The van der Waals surface area contributed by atoms with E-state index in [9.17, 15) is 13.5 Å². The van der Waals surface area contributed by atoms with E-state index >= 15 is 0 Å². The second-order valence-electron chi connectivity index (χ2n) is 5.89. The summed E-state index contributed by atoms with van der Waals surface area (Å²) in [6, 6.07) is 13.9. The van der Waals surface area contributed by atoms with Crippen LogP contribution in [0.2, 0.25) is 0 Å². The average molecular weight is 358 g/mol. The summed E-state index contributed by atoms with van der Waals surface area (Å²) in [6.45, 7) is 2.12. The van der Waals surface area contributed by atoms with Gasteiger partial charge in [-0.2, -0.15) is 4.80 Å². The molecule has 0 aliphatic rings. The molecule has 130 valence electrons. The van der Waals surface area contributed by atoms with Crippen LogP contribution in [0.25, 0.3) is 11.4 Å². The number of aryl methyl sites for hydroxylation is 1. The van der Waals surface area contributed by atoms with E-state index < -0.39 is 15.9 Å². The Hall–Kier alpha value is -2.58. The Kier molecular flexibility index (Phi) is 4.65. The fourth-order valence-electron chi connectivity index (χ4n) is 2.34. The van der Waals surface area contributed by atoms with Gasteiger partial charge in [-0.05, 0) is 29.8 Å². The Bertz CT molecular complexity index is 964. The zero-order valence-corrected chi connectivity index (χ0v) is 14.7. The van der Waals surface area contributed by atoms with Gasteiger partial charge in [0.25, 0.3) is 0 Å². The number of hydrogen-bond donors (Lipinski definition) is 1. The topological polar surface area (TPSA) is 98.0 Å². The molecule has 0 amide bonds. The monoisotopic (exact) mass is 358 g/mol. The minimum Gasteiger partial charge on any atom is -0.386 e. The highest BCUT2D eigenvalue weighted by atomic mass is 32.2. The number of aromatic nitrogens is 4. The van der Waals surface area contributed by atoms with Crippen LogP contribution in [-0.4, -0.2) is 40.0 Å². The number of aliphatic hydroxyl groups is 1. The quantitative estimate of drug-likeness (QED) is 0.747. The van der Waals surface area contributed by atoms with E-state index in [1.165, 1.54) is 16.9 Å². The van der Waals surface area contributed by atoms with Gasteiger partial charge < -0.3 is 5.11 Å². The van der Waals surface area contributed by atoms with Gasteiger partial charge in [0.15, 0.2) is 9.84 Å². The van der Waals surface area contributed by atoms with Crippen molar-refractivity contribution in [1.29, 1.82) is 0 Å². The maximum Gasteiger partial charge on any atom is 0.204 e. The number of sulfone groups is 1. The third kappa shape index (κ3) is 4.09. The van der Waals surface area contributed by atoms with Crippen molar-refractivity contribution in [2.75, 3.05) is 6.26 Å². The molecule has 0 saturated heterocycles. The second-order valence-corrected chi connectivity index (χ2v) is 7.91. The van der Waals surface area contributed by atoms with Crippen molar-refractivity contribution in [3.63, 3.8) is 0 Å². The van der Waals surface area contributed by atoms with Gasteiger partial charge in [-0.25, -0.2) is 8.42 Å². The van der Waals surface area contributed by atoms with Crippen LogP contribution in [0, 0.1) is 6.92 Å². The summed E-state index contributed by atoms with van der Waals surface area (Å²) < 4.78 is 22.9. The largest absolute Gasteiger partial charge is 0.386 e. The van der Waals surface area contributed by atoms with Gasteiger partial charge in [0.2, 0.25) is 5.82 Å². The van der Waals surface area contributed by atoms with Gasteiger partial charge in [-0.1, -0.05) is 42.0 Å². The van der Waals surface area contributed by atoms with E-state index in [4.69, 9.17) is 0 Å². The molecule has 0 radical (unpaired) electrons. The molecule has 3 rings (SSSR count). The van der Waals surface area contributed by atoms with Gasteiger partial charge in [-0.15, -0.1) is 10.2 Å². The maximum absolute atomic E-state index is 11.5. The smallest absolute Gasteiger partial charge is 0.204 e. The van der Waals surface area contributed by atoms with Crippen molar-refractivity contribution in [3.8, 4) is 11.4 Å². The molecule has 0 aliphatic heterocycles. The van der Waals surface area contributed by atoms with Crippen LogP contribution < -0.4 is 0 Å². The highest BCUT2D eigenvalue weighted by molar-refractivity contribution is 7.90. The molecule has 25 heavy (non-hydrogen) atoms. The van der Waals surface area contributed by atoms with Crippen LogP contribution in [0.5, 0.6) is 0 Å². The van der Waals surface area contributed by atoms with E-state index in [-0.39, 0.29) is 11.4 Å². The fraction of sp³-hybridized carbons (Fsp3) is 0.235. The second kappa shape index (κ2) is 6.73. The maximum atomic E-state index is 11.5. The molecule has 0 fully saturated rings. The SMILES string of the molecule is Cc1ccc(-c2nnn(CC(O)c3ccc(S(C)(=O)=O)cc3)n2)cc1. The molecular weight excluding hydrogens is 340 g/mol. The Morgan fingerprint density at radius 1 is 1.08 bits per heavy atom. The number of nitrogens with zero attached hydrogens (tertiary/aromatic N) is 4. The summed E-state index contributed by atoms with van der Waals surface area (Å²) in [5, 5.41) is 22.5. The number of benzene rings is 2. The lowest BCUT2D eigenvalue weighted by Crippen LogP contribution is -2.11. The molecule has 0 spiro atoms. The molecule has 1 heterocycles. The van der Waals surface area contributed by atoms with Crippen molar-refractivity contribution in [2.24, 2.45) is 0 Å². The molecule has 7 nitrogen and oxygen atoms in total. The summed E-state index contributed by atoms with van der Waals surface area (Å²) in [5.41, 5.74) is 2.58. The van der Waals surface area contributed by atoms with E-state index in [1.807, 2.05) is 31.2 Å². The van der Waals surface area contributed by atoms with Crippen molar-refractivity contribution in [2.45, 2.75) is 24.5 Å². The first-order valence-corrected chi connectivity index (χ1v) is 9.55. The van der Waals surface area contributed by atoms with Crippen molar-refractivity contribution in [3.05, 3.63) is 59.7 Å². The summed E-state index contributed by atoms with van der Waals surface area (Å²) in [6.07, 6.45) is 0.276.